The van der Waals surface area contributed by atoms with Gasteiger partial charge >= 0.3 is 0 Å². The molecule has 0 spiro atoms. The van der Waals surface area contributed by atoms with E-state index in [1.165, 1.54) is 6.07 Å². The van der Waals surface area contributed by atoms with Crippen LogP contribution in [0.2, 0.25) is 5.02 Å². The van der Waals surface area contributed by atoms with Gasteiger partial charge in [0.25, 0.3) is 10.0 Å². The van der Waals surface area contributed by atoms with Crippen LogP contribution in [0.25, 0.3) is 0 Å². The molecule has 1 aliphatic heterocycles. The Morgan fingerprint density at radius 3 is 2.68 bits per heavy atom. The van der Waals surface area contributed by atoms with Crippen molar-refractivity contribution in [1.82, 2.24) is 0 Å². The SMILES string of the molecule is CC1Oc2c(cc(Cl)cc2S(=O)(=O)Nc2ccc(F)cc2F)NC1O. The predicted molar refractivity (Wildman–Crippen MR) is 88.3 cm³/mol. The third kappa shape index (κ3) is 3.48. The molecule has 0 amide bonds. The molecular weight excluding hydrogens is 378 g/mol. The van der Waals surface area contributed by atoms with E-state index < -0.39 is 39.7 Å². The van der Waals surface area contributed by atoms with E-state index in [1.807, 2.05) is 4.72 Å². The summed E-state index contributed by atoms with van der Waals surface area (Å²) < 4.78 is 59.5. The molecule has 1 aliphatic rings. The fraction of sp³-hybridized carbons (Fsp3) is 0.200. The van der Waals surface area contributed by atoms with Crippen molar-refractivity contribution >= 4 is 33.0 Å². The van der Waals surface area contributed by atoms with Gasteiger partial charge in [0.1, 0.15) is 22.6 Å². The number of rotatable bonds is 3. The molecule has 2 aromatic rings. The van der Waals surface area contributed by atoms with Crippen LogP contribution in [0.4, 0.5) is 20.2 Å². The van der Waals surface area contributed by atoms with Crippen LogP contribution in [0.5, 0.6) is 5.75 Å². The topological polar surface area (TPSA) is 87.7 Å². The molecule has 0 radical (unpaired) electrons. The minimum atomic E-state index is -4.30. The number of benzene rings is 2. The van der Waals surface area contributed by atoms with Crippen LogP contribution in [-0.2, 0) is 10.0 Å². The number of halogens is 3. The highest BCUT2D eigenvalue weighted by Gasteiger charge is 2.31. The number of nitrogens with one attached hydrogen (secondary N) is 2. The highest BCUT2D eigenvalue weighted by Crippen LogP contribution is 2.40. The van der Waals surface area contributed by atoms with Crippen LogP contribution in [0.1, 0.15) is 6.92 Å². The first-order valence-corrected chi connectivity index (χ1v) is 8.96. The fourth-order valence-electron chi connectivity index (χ4n) is 2.30. The van der Waals surface area contributed by atoms with E-state index in [0.29, 0.717) is 6.07 Å². The number of fused-ring (bicyclic) bond motifs is 1. The summed E-state index contributed by atoms with van der Waals surface area (Å²) in [6.07, 6.45) is -1.78. The zero-order valence-corrected chi connectivity index (χ0v) is 14.3. The molecule has 2 atom stereocenters. The lowest BCUT2D eigenvalue weighted by Gasteiger charge is -2.31. The van der Waals surface area contributed by atoms with E-state index in [4.69, 9.17) is 16.3 Å². The molecular formula is C15H13ClF2N2O4S. The Morgan fingerprint density at radius 1 is 1.28 bits per heavy atom. The molecule has 10 heteroatoms. The number of hydrogen-bond acceptors (Lipinski definition) is 5. The van der Waals surface area contributed by atoms with Gasteiger partial charge in [-0.3, -0.25) is 4.72 Å². The molecule has 0 saturated heterocycles. The zero-order valence-electron chi connectivity index (χ0n) is 12.8. The molecule has 2 unspecified atom stereocenters. The first kappa shape index (κ1) is 17.7. The summed E-state index contributed by atoms with van der Waals surface area (Å²) in [5.74, 6) is -1.96. The van der Waals surface area contributed by atoms with E-state index in [0.717, 1.165) is 18.2 Å². The molecule has 0 fully saturated rings. The van der Waals surface area contributed by atoms with Gasteiger partial charge in [0, 0.05) is 11.1 Å². The van der Waals surface area contributed by atoms with Crippen molar-refractivity contribution in [2.75, 3.05) is 10.0 Å². The van der Waals surface area contributed by atoms with E-state index in [1.54, 1.807) is 6.92 Å². The Balaban J connectivity index is 2.06. The summed E-state index contributed by atoms with van der Waals surface area (Å²) >= 11 is 5.93. The van der Waals surface area contributed by atoms with E-state index in [9.17, 15) is 22.3 Å². The van der Waals surface area contributed by atoms with Gasteiger partial charge in [-0.15, -0.1) is 0 Å². The van der Waals surface area contributed by atoms with Gasteiger partial charge in [-0.1, -0.05) is 11.6 Å². The predicted octanol–water partition coefficient (Wildman–Crippen LogP) is 2.93. The lowest BCUT2D eigenvalue weighted by Crippen LogP contribution is -2.39. The second-order valence-corrected chi connectivity index (χ2v) is 7.51. The van der Waals surface area contributed by atoms with Crippen LogP contribution in [0, 0.1) is 11.6 Å². The van der Waals surface area contributed by atoms with Crippen molar-refractivity contribution < 1.29 is 27.0 Å². The van der Waals surface area contributed by atoms with Crippen LogP contribution in [0.3, 0.4) is 0 Å². The van der Waals surface area contributed by atoms with Gasteiger partial charge < -0.3 is 15.2 Å². The Bertz CT molecular complexity index is 939. The third-order valence-corrected chi connectivity index (χ3v) is 5.13. The first-order valence-electron chi connectivity index (χ1n) is 7.10. The molecule has 3 rings (SSSR count). The summed E-state index contributed by atoms with van der Waals surface area (Å²) in [6.45, 7) is 1.54. The second-order valence-electron chi connectivity index (χ2n) is 5.42. The summed E-state index contributed by atoms with van der Waals surface area (Å²) in [4.78, 5) is -0.343. The highest BCUT2D eigenvalue weighted by atomic mass is 35.5. The molecule has 0 bridgehead atoms. The van der Waals surface area contributed by atoms with E-state index >= 15 is 0 Å². The van der Waals surface area contributed by atoms with Gasteiger partial charge in [-0.05, 0) is 31.2 Å². The van der Waals surface area contributed by atoms with Gasteiger partial charge in [0.15, 0.2) is 12.0 Å². The number of sulfonamides is 1. The summed E-state index contributed by atoms with van der Waals surface area (Å²) in [6, 6.07) is 4.97. The normalized spacial score (nSPS) is 19.6. The van der Waals surface area contributed by atoms with Crippen LogP contribution >= 0.6 is 11.6 Å². The lowest BCUT2D eigenvalue weighted by molar-refractivity contribution is 0.0547. The van der Waals surface area contributed by atoms with Crippen LogP contribution < -0.4 is 14.8 Å². The molecule has 0 saturated carbocycles. The second kappa shape index (κ2) is 6.32. The van der Waals surface area contributed by atoms with Gasteiger partial charge in [0.2, 0.25) is 0 Å². The lowest BCUT2D eigenvalue weighted by atomic mass is 10.2. The average Bonchev–Trinajstić information content (AvgIpc) is 2.51. The smallest absolute Gasteiger partial charge is 0.265 e. The number of aliphatic hydroxyl groups excluding tert-OH is 1. The summed E-state index contributed by atoms with van der Waals surface area (Å²) in [5, 5.41) is 12.5. The number of aliphatic hydroxyl groups is 1. The Hall–Kier alpha value is -2.10. The average molecular weight is 391 g/mol. The fourth-order valence-corrected chi connectivity index (χ4v) is 3.83. The Labute approximate surface area is 147 Å². The van der Waals surface area contributed by atoms with Gasteiger partial charge in [-0.25, -0.2) is 17.2 Å². The maximum absolute atomic E-state index is 13.8. The molecule has 3 N–H and O–H groups in total. The first-order chi connectivity index (χ1) is 11.7. The number of ether oxygens (including phenoxy) is 1. The van der Waals surface area contributed by atoms with Crippen molar-refractivity contribution in [2.45, 2.75) is 24.2 Å². The Kier molecular flexibility index (Phi) is 4.48. The zero-order chi connectivity index (χ0) is 18.4. The molecule has 0 aliphatic carbocycles. The van der Waals surface area contributed by atoms with Crippen LogP contribution in [-0.4, -0.2) is 25.9 Å². The van der Waals surface area contributed by atoms with Crippen molar-refractivity contribution in [3.8, 4) is 5.75 Å². The maximum Gasteiger partial charge on any atom is 0.265 e. The molecule has 6 nitrogen and oxygen atoms in total. The van der Waals surface area contributed by atoms with Crippen molar-refractivity contribution in [3.63, 3.8) is 0 Å². The molecule has 25 heavy (non-hydrogen) atoms. The van der Waals surface area contributed by atoms with Crippen molar-refractivity contribution in [3.05, 3.63) is 47.0 Å². The number of anilines is 2. The van der Waals surface area contributed by atoms with E-state index in [2.05, 4.69) is 5.32 Å². The molecule has 2 aromatic carbocycles. The van der Waals surface area contributed by atoms with E-state index in [-0.39, 0.29) is 21.4 Å². The largest absolute Gasteiger partial charge is 0.482 e. The third-order valence-electron chi connectivity index (χ3n) is 3.54. The quantitative estimate of drug-likeness (QED) is 0.750. The molecule has 0 aromatic heterocycles. The maximum atomic E-state index is 13.8. The number of hydrogen-bond donors (Lipinski definition) is 3. The van der Waals surface area contributed by atoms with Crippen molar-refractivity contribution in [2.24, 2.45) is 0 Å². The molecule has 134 valence electrons. The highest BCUT2D eigenvalue weighted by molar-refractivity contribution is 7.92. The standard InChI is InChI=1S/C15H13ClF2N2O4S/c1-7-15(21)19-12-4-8(16)5-13(14(12)24-7)25(22,23)20-11-3-2-9(17)6-10(11)18/h2-7,15,19-21H,1H3. The monoisotopic (exact) mass is 390 g/mol. The Morgan fingerprint density at radius 2 is 2.00 bits per heavy atom. The minimum Gasteiger partial charge on any atom is -0.482 e. The summed E-state index contributed by atoms with van der Waals surface area (Å²) in [5.41, 5.74) is -0.245. The van der Waals surface area contributed by atoms with Crippen molar-refractivity contribution in [1.29, 1.82) is 0 Å². The van der Waals surface area contributed by atoms with Crippen LogP contribution in [0.15, 0.2) is 35.2 Å². The molecule has 1 heterocycles. The minimum absolute atomic E-state index is 0.0581. The summed E-state index contributed by atoms with van der Waals surface area (Å²) in [7, 11) is -4.30. The van der Waals surface area contributed by atoms with Gasteiger partial charge in [0.05, 0.1) is 11.4 Å². The van der Waals surface area contributed by atoms with Gasteiger partial charge in [-0.2, -0.15) is 0 Å².